The molecule has 1 aromatic carbocycles. The zero-order valence-electron chi connectivity index (χ0n) is 9.12. The molecule has 0 aliphatic heterocycles. The molecule has 0 amide bonds. The smallest absolute Gasteiger partial charge is 0.0937 e. The first-order chi connectivity index (χ1) is 6.68. The van der Waals surface area contributed by atoms with Crippen molar-refractivity contribution in [3.05, 3.63) is 35.9 Å². The number of amidine groups is 1. The summed E-state index contributed by atoms with van der Waals surface area (Å²) in [5.41, 5.74) is 1.25. The molecule has 0 bridgehead atoms. The molecular weight excluding hydrogens is 172 g/mol. The Bertz CT molecular complexity index is 288. The molecule has 2 heteroatoms. The summed E-state index contributed by atoms with van der Waals surface area (Å²) in [5, 5.41) is 3.26. The van der Waals surface area contributed by atoms with Gasteiger partial charge in [-0.05, 0) is 26.3 Å². The van der Waals surface area contributed by atoms with E-state index in [1.165, 1.54) is 5.56 Å². The third-order valence-corrected chi connectivity index (χ3v) is 1.84. The van der Waals surface area contributed by atoms with Crippen LogP contribution in [0, 0.1) is 0 Å². The quantitative estimate of drug-likeness (QED) is 0.575. The highest BCUT2D eigenvalue weighted by Crippen LogP contribution is 1.99. The topological polar surface area (TPSA) is 24.4 Å². The summed E-state index contributed by atoms with van der Waals surface area (Å²) in [6.45, 7) is 6.98. The Balaban J connectivity index is 2.47. The van der Waals surface area contributed by atoms with E-state index in [4.69, 9.17) is 0 Å². The summed E-state index contributed by atoms with van der Waals surface area (Å²) in [6, 6.07) is 10.7. The predicted molar refractivity (Wildman–Crippen MR) is 61.5 cm³/mol. The van der Waals surface area contributed by atoms with Crippen LogP contribution in [-0.4, -0.2) is 11.9 Å². The molecule has 0 heterocycles. The van der Waals surface area contributed by atoms with E-state index in [1.807, 2.05) is 25.1 Å². The van der Waals surface area contributed by atoms with Gasteiger partial charge in [-0.15, -0.1) is 0 Å². The average Bonchev–Trinajstić information content (AvgIpc) is 2.15. The molecule has 14 heavy (non-hydrogen) atoms. The van der Waals surface area contributed by atoms with E-state index in [1.54, 1.807) is 0 Å². The van der Waals surface area contributed by atoms with Gasteiger partial charge in [-0.3, -0.25) is 4.99 Å². The van der Waals surface area contributed by atoms with Crippen LogP contribution in [0.4, 0.5) is 0 Å². The fourth-order valence-electron chi connectivity index (χ4n) is 1.26. The average molecular weight is 190 g/mol. The van der Waals surface area contributed by atoms with E-state index in [-0.39, 0.29) is 0 Å². The molecule has 1 aromatic rings. The third kappa shape index (κ3) is 4.08. The zero-order valence-corrected chi connectivity index (χ0v) is 9.12. The fraction of sp³-hybridized carbons (Fsp3) is 0.417. The summed E-state index contributed by atoms with van der Waals surface area (Å²) in [4.78, 5) is 4.44. The normalized spacial score (nSPS) is 11.9. The van der Waals surface area contributed by atoms with E-state index in [2.05, 4.69) is 36.3 Å². The molecule has 1 N–H and O–H groups in total. The highest BCUT2D eigenvalue weighted by Gasteiger charge is 1.93. The van der Waals surface area contributed by atoms with Gasteiger partial charge in [0.1, 0.15) is 0 Å². The molecule has 0 aromatic heterocycles. The van der Waals surface area contributed by atoms with Crippen LogP contribution in [0.3, 0.4) is 0 Å². The second kappa shape index (κ2) is 5.43. The van der Waals surface area contributed by atoms with Gasteiger partial charge in [0.25, 0.3) is 0 Å². The van der Waals surface area contributed by atoms with Crippen LogP contribution in [0.2, 0.25) is 0 Å². The summed E-state index contributed by atoms with van der Waals surface area (Å²) in [6.07, 6.45) is 0. The van der Waals surface area contributed by atoms with Crippen molar-refractivity contribution in [2.75, 3.05) is 0 Å². The Morgan fingerprint density at radius 1 is 1.29 bits per heavy atom. The number of nitrogens with zero attached hydrogens (tertiary/aromatic N) is 1. The lowest BCUT2D eigenvalue weighted by Gasteiger charge is -2.08. The number of rotatable bonds is 3. The van der Waals surface area contributed by atoms with Crippen LogP contribution in [0.15, 0.2) is 35.3 Å². The molecule has 0 fully saturated rings. The minimum atomic E-state index is 0.453. The van der Waals surface area contributed by atoms with Crippen molar-refractivity contribution in [1.82, 2.24) is 5.32 Å². The summed E-state index contributed by atoms with van der Waals surface area (Å²) >= 11 is 0. The number of hydrogen-bond acceptors (Lipinski definition) is 1. The summed E-state index contributed by atoms with van der Waals surface area (Å²) < 4.78 is 0. The van der Waals surface area contributed by atoms with Crippen molar-refractivity contribution in [3.63, 3.8) is 0 Å². The van der Waals surface area contributed by atoms with Crippen molar-refractivity contribution in [2.45, 2.75) is 33.4 Å². The van der Waals surface area contributed by atoms with E-state index >= 15 is 0 Å². The third-order valence-electron chi connectivity index (χ3n) is 1.84. The fourth-order valence-corrected chi connectivity index (χ4v) is 1.26. The van der Waals surface area contributed by atoms with Crippen LogP contribution in [0.25, 0.3) is 0 Å². The Kier molecular flexibility index (Phi) is 4.17. The number of aliphatic imine (C=N–C) groups is 1. The second-order valence-electron chi connectivity index (χ2n) is 3.69. The molecule has 0 spiro atoms. The SMILES string of the molecule is CC(=NCc1ccccc1)NC(C)C. The zero-order chi connectivity index (χ0) is 10.4. The minimum Gasteiger partial charge on any atom is -0.372 e. The highest BCUT2D eigenvalue weighted by molar-refractivity contribution is 5.79. The van der Waals surface area contributed by atoms with Crippen molar-refractivity contribution in [2.24, 2.45) is 4.99 Å². The Morgan fingerprint density at radius 2 is 1.93 bits per heavy atom. The van der Waals surface area contributed by atoms with E-state index in [0.29, 0.717) is 6.04 Å². The lowest BCUT2D eigenvalue weighted by atomic mass is 10.2. The van der Waals surface area contributed by atoms with Gasteiger partial charge in [0.2, 0.25) is 0 Å². The van der Waals surface area contributed by atoms with Gasteiger partial charge >= 0.3 is 0 Å². The molecule has 1 rings (SSSR count). The van der Waals surface area contributed by atoms with Crippen LogP contribution in [-0.2, 0) is 6.54 Å². The van der Waals surface area contributed by atoms with Gasteiger partial charge in [0.15, 0.2) is 0 Å². The van der Waals surface area contributed by atoms with Crippen molar-refractivity contribution in [1.29, 1.82) is 0 Å². The second-order valence-corrected chi connectivity index (χ2v) is 3.69. The molecule has 0 saturated heterocycles. The monoisotopic (exact) mass is 190 g/mol. The molecule has 0 aliphatic carbocycles. The van der Waals surface area contributed by atoms with Gasteiger partial charge < -0.3 is 5.32 Å². The van der Waals surface area contributed by atoms with Crippen LogP contribution >= 0.6 is 0 Å². The summed E-state index contributed by atoms with van der Waals surface area (Å²) in [7, 11) is 0. The Morgan fingerprint density at radius 3 is 2.50 bits per heavy atom. The molecule has 0 saturated carbocycles. The van der Waals surface area contributed by atoms with Gasteiger partial charge in [-0.2, -0.15) is 0 Å². The van der Waals surface area contributed by atoms with Gasteiger partial charge in [0, 0.05) is 6.04 Å². The van der Waals surface area contributed by atoms with E-state index < -0.39 is 0 Å². The van der Waals surface area contributed by atoms with Crippen molar-refractivity contribution < 1.29 is 0 Å². The first-order valence-electron chi connectivity index (χ1n) is 5.00. The largest absolute Gasteiger partial charge is 0.372 e. The van der Waals surface area contributed by atoms with E-state index in [9.17, 15) is 0 Å². The van der Waals surface area contributed by atoms with Crippen LogP contribution in [0.1, 0.15) is 26.3 Å². The maximum absolute atomic E-state index is 4.44. The Hall–Kier alpha value is -1.31. The molecule has 2 nitrogen and oxygen atoms in total. The van der Waals surface area contributed by atoms with Gasteiger partial charge in [-0.1, -0.05) is 30.3 Å². The van der Waals surface area contributed by atoms with Crippen LogP contribution in [0.5, 0.6) is 0 Å². The minimum absolute atomic E-state index is 0.453. The lowest BCUT2D eigenvalue weighted by molar-refractivity contribution is 0.726. The predicted octanol–water partition coefficient (Wildman–Crippen LogP) is 2.60. The molecule has 0 aliphatic rings. The van der Waals surface area contributed by atoms with Crippen molar-refractivity contribution in [3.8, 4) is 0 Å². The number of nitrogens with one attached hydrogen (secondary N) is 1. The number of hydrogen-bond donors (Lipinski definition) is 1. The van der Waals surface area contributed by atoms with E-state index in [0.717, 1.165) is 12.4 Å². The Labute approximate surface area is 86.1 Å². The molecule has 0 atom stereocenters. The first-order valence-corrected chi connectivity index (χ1v) is 5.00. The van der Waals surface area contributed by atoms with Crippen molar-refractivity contribution >= 4 is 5.84 Å². The molecule has 0 radical (unpaired) electrons. The maximum Gasteiger partial charge on any atom is 0.0937 e. The standard InChI is InChI=1S/C12H18N2/c1-10(2)14-11(3)13-9-12-7-5-4-6-8-12/h4-8,10H,9H2,1-3H3,(H,13,14). The van der Waals surface area contributed by atoms with Gasteiger partial charge in [0.05, 0.1) is 12.4 Å². The molecule has 0 unspecified atom stereocenters. The van der Waals surface area contributed by atoms with Crippen LogP contribution < -0.4 is 5.32 Å². The molecule has 76 valence electrons. The number of benzene rings is 1. The maximum atomic E-state index is 4.44. The summed E-state index contributed by atoms with van der Waals surface area (Å²) in [5.74, 6) is 1.00. The highest BCUT2D eigenvalue weighted by atomic mass is 15.0. The molecular formula is C12H18N2. The lowest BCUT2D eigenvalue weighted by Crippen LogP contribution is -2.27. The first kappa shape index (κ1) is 10.8. The van der Waals surface area contributed by atoms with Gasteiger partial charge in [-0.25, -0.2) is 0 Å².